The van der Waals surface area contributed by atoms with E-state index in [4.69, 9.17) is 0 Å². The Kier molecular flexibility index (Phi) is 4.09. The van der Waals surface area contributed by atoms with Gasteiger partial charge in [0.1, 0.15) is 0 Å². The fourth-order valence-electron chi connectivity index (χ4n) is 1.67. The Morgan fingerprint density at radius 3 is 2.88 bits per heavy atom. The molecule has 0 aliphatic rings. The summed E-state index contributed by atoms with van der Waals surface area (Å²) in [4.78, 5) is 5.41. The van der Waals surface area contributed by atoms with Crippen molar-refractivity contribution in [2.75, 3.05) is 7.05 Å². The minimum Gasteiger partial charge on any atom is -0.313 e. The van der Waals surface area contributed by atoms with Gasteiger partial charge in [0, 0.05) is 28.0 Å². The first kappa shape index (κ1) is 11.8. The molecule has 84 valence electrons. The van der Waals surface area contributed by atoms with Gasteiger partial charge in [0.2, 0.25) is 0 Å². The average molecular weight is 297 g/mol. The van der Waals surface area contributed by atoms with Gasteiger partial charge in [-0.1, -0.05) is 34.1 Å². The minimum absolute atomic E-state index is 0.330. The maximum absolute atomic E-state index is 4.10. The van der Waals surface area contributed by atoms with Gasteiger partial charge in [0.05, 0.1) is 5.51 Å². The van der Waals surface area contributed by atoms with Crippen LogP contribution in [-0.2, 0) is 6.42 Å². The van der Waals surface area contributed by atoms with Crippen molar-refractivity contribution in [3.05, 3.63) is 50.9 Å². The van der Waals surface area contributed by atoms with Gasteiger partial charge in [-0.3, -0.25) is 4.98 Å². The molecule has 16 heavy (non-hydrogen) atoms. The lowest BCUT2D eigenvalue weighted by Crippen LogP contribution is -2.18. The second-order valence-corrected chi connectivity index (χ2v) is 5.36. The predicted octanol–water partition coefficient (Wildman–Crippen LogP) is 3.41. The second kappa shape index (κ2) is 5.57. The van der Waals surface area contributed by atoms with E-state index in [1.807, 2.05) is 24.8 Å². The molecule has 0 fully saturated rings. The molecule has 2 aromatic rings. The van der Waals surface area contributed by atoms with Gasteiger partial charge in [-0.15, -0.1) is 11.3 Å². The van der Waals surface area contributed by atoms with Crippen molar-refractivity contribution in [2.45, 2.75) is 12.5 Å². The number of nitrogens with zero attached hydrogens (tertiary/aromatic N) is 1. The molecular formula is C12H13BrN2S. The molecule has 0 bridgehead atoms. The van der Waals surface area contributed by atoms with Crippen LogP contribution in [0.3, 0.4) is 0 Å². The number of hydrogen-bond acceptors (Lipinski definition) is 3. The smallest absolute Gasteiger partial charge is 0.0794 e. The number of nitrogens with one attached hydrogen (secondary N) is 1. The van der Waals surface area contributed by atoms with Crippen LogP contribution >= 0.6 is 27.3 Å². The maximum Gasteiger partial charge on any atom is 0.0794 e. The quantitative estimate of drug-likeness (QED) is 0.935. The molecule has 1 aromatic heterocycles. The molecule has 0 spiro atoms. The zero-order valence-electron chi connectivity index (χ0n) is 8.98. The Balaban J connectivity index is 2.20. The van der Waals surface area contributed by atoms with E-state index in [0.717, 1.165) is 10.9 Å². The van der Waals surface area contributed by atoms with E-state index < -0.39 is 0 Å². The van der Waals surface area contributed by atoms with E-state index in [1.165, 1.54) is 10.4 Å². The predicted molar refractivity (Wildman–Crippen MR) is 71.8 cm³/mol. The number of hydrogen-bond donors (Lipinski definition) is 1. The number of likely N-dealkylation sites (N-methyl/N-ethyl adjacent to an activating group) is 1. The van der Waals surface area contributed by atoms with Gasteiger partial charge in [0.25, 0.3) is 0 Å². The van der Waals surface area contributed by atoms with Gasteiger partial charge >= 0.3 is 0 Å². The summed E-state index contributed by atoms with van der Waals surface area (Å²) >= 11 is 5.29. The van der Waals surface area contributed by atoms with E-state index >= 15 is 0 Å². The molecule has 1 N–H and O–H groups in total. The first-order chi connectivity index (χ1) is 7.81. The first-order valence-electron chi connectivity index (χ1n) is 5.10. The summed E-state index contributed by atoms with van der Waals surface area (Å²) < 4.78 is 1.15. The van der Waals surface area contributed by atoms with E-state index in [0.29, 0.717) is 6.04 Å². The van der Waals surface area contributed by atoms with Gasteiger partial charge in [-0.2, -0.15) is 0 Å². The van der Waals surface area contributed by atoms with Crippen molar-refractivity contribution >= 4 is 27.3 Å². The van der Waals surface area contributed by atoms with Gasteiger partial charge in [-0.05, 0) is 18.7 Å². The highest BCUT2D eigenvalue weighted by Crippen LogP contribution is 2.26. The molecule has 2 rings (SSSR count). The van der Waals surface area contributed by atoms with Crippen LogP contribution < -0.4 is 5.32 Å². The molecule has 0 amide bonds. The largest absolute Gasteiger partial charge is 0.313 e. The summed E-state index contributed by atoms with van der Waals surface area (Å²) in [5, 5.41) is 3.35. The van der Waals surface area contributed by atoms with Crippen LogP contribution in [0.15, 0.2) is 40.4 Å². The fraction of sp³-hybridized carbons (Fsp3) is 0.250. The van der Waals surface area contributed by atoms with Crippen LogP contribution in [0.25, 0.3) is 0 Å². The standard InChI is InChI=1S/C12H13BrN2S/c1-14-12(6-9-7-15-8-16-9)10-4-2-3-5-11(10)13/h2-5,7-8,12,14H,6H2,1H3. The molecular weight excluding hydrogens is 284 g/mol. The van der Waals surface area contributed by atoms with E-state index in [9.17, 15) is 0 Å². The normalized spacial score (nSPS) is 12.6. The van der Waals surface area contributed by atoms with Crippen LogP contribution in [0.1, 0.15) is 16.5 Å². The van der Waals surface area contributed by atoms with Crippen LogP contribution in [0.2, 0.25) is 0 Å². The molecule has 2 nitrogen and oxygen atoms in total. The Morgan fingerprint density at radius 1 is 1.44 bits per heavy atom. The lowest BCUT2D eigenvalue weighted by molar-refractivity contribution is 0.594. The van der Waals surface area contributed by atoms with Crippen molar-refractivity contribution in [3.63, 3.8) is 0 Å². The topological polar surface area (TPSA) is 24.9 Å². The van der Waals surface area contributed by atoms with Crippen molar-refractivity contribution in [1.82, 2.24) is 10.3 Å². The van der Waals surface area contributed by atoms with E-state index in [-0.39, 0.29) is 0 Å². The number of aromatic nitrogens is 1. The van der Waals surface area contributed by atoms with Gasteiger partial charge in [-0.25, -0.2) is 0 Å². The lowest BCUT2D eigenvalue weighted by atomic mass is 10.0. The zero-order chi connectivity index (χ0) is 11.4. The Labute approximate surface area is 108 Å². The molecule has 0 aliphatic carbocycles. The molecule has 0 saturated carbocycles. The molecule has 1 heterocycles. The summed E-state index contributed by atoms with van der Waals surface area (Å²) in [6.45, 7) is 0. The van der Waals surface area contributed by atoms with Crippen molar-refractivity contribution in [2.24, 2.45) is 0 Å². The third-order valence-corrected chi connectivity index (χ3v) is 4.04. The summed E-state index contributed by atoms with van der Waals surface area (Å²) in [5.74, 6) is 0. The highest BCUT2D eigenvalue weighted by molar-refractivity contribution is 9.10. The van der Waals surface area contributed by atoms with E-state index in [1.54, 1.807) is 11.3 Å². The molecule has 0 saturated heterocycles. The maximum atomic E-state index is 4.10. The molecule has 0 radical (unpaired) electrons. The number of benzene rings is 1. The lowest BCUT2D eigenvalue weighted by Gasteiger charge is -2.17. The third kappa shape index (κ3) is 2.70. The Hall–Kier alpha value is -0.710. The summed E-state index contributed by atoms with van der Waals surface area (Å²) in [6.07, 6.45) is 2.91. The van der Waals surface area contributed by atoms with Crippen LogP contribution in [0, 0.1) is 0 Å². The highest BCUT2D eigenvalue weighted by atomic mass is 79.9. The molecule has 0 aliphatic heterocycles. The fourth-order valence-corrected chi connectivity index (χ4v) is 2.87. The Morgan fingerprint density at radius 2 is 2.25 bits per heavy atom. The van der Waals surface area contributed by atoms with Crippen molar-refractivity contribution < 1.29 is 0 Å². The molecule has 1 atom stereocenters. The molecule has 4 heteroatoms. The van der Waals surface area contributed by atoms with Crippen molar-refractivity contribution in [3.8, 4) is 0 Å². The first-order valence-corrected chi connectivity index (χ1v) is 6.77. The van der Waals surface area contributed by atoms with Gasteiger partial charge in [0.15, 0.2) is 0 Å². The van der Waals surface area contributed by atoms with Crippen LogP contribution in [-0.4, -0.2) is 12.0 Å². The monoisotopic (exact) mass is 296 g/mol. The zero-order valence-corrected chi connectivity index (χ0v) is 11.4. The van der Waals surface area contributed by atoms with Crippen LogP contribution in [0.5, 0.6) is 0 Å². The number of rotatable bonds is 4. The summed E-state index contributed by atoms with van der Waals surface area (Å²) in [6, 6.07) is 8.65. The molecule has 1 aromatic carbocycles. The summed E-state index contributed by atoms with van der Waals surface area (Å²) in [5.41, 5.74) is 3.17. The Bertz CT molecular complexity index is 442. The number of halogens is 1. The highest BCUT2D eigenvalue weighted by Gasteiger charge is 2.13. The van der Waals surface area contributed by atoms with E-state index in [2.05, 4.69) is 44.4 Å². The third-order valence-electron chi connectivity index (χ3n) is 2.52. The van der Waals surface area contributed by atoms with Crippen molar-refractivity contribution in [1.29, 1.82) is 0 Å². The average Bonchev–Trinajstić information content (AvgIpc) is 2.80. The number of thiazole rings is 1. The summed E-state index contributed by atoms with van der Waals surface area (Å²) in [7, 11) is 1.99. The second-order valence-electron chi connectivity index (χ2n) is 3.53. The van der Waals surface area contributed by atoms with Crippen LogP contribution in [0.4, 0.5) is 0 Å². The SMILES string of the molecule is CNC(Cc1cncs1)c1ccccc1Br. The minimum atomic E-state index is 0.330. The van der Waals surface area contributed by atoms with Gasteiger partial charge < -0.3 is 5.32 Å². The molecule has 1 unspecified atom stereocenters.